The van der Waals surface area contributed by atoms with E-state index in [1.165, 1.54) is 0 Å². The SMILES string of the molecule is CC(C)OC(=O)c1cccc(CON)c1. The lowest BCUT2D eigenvalue weighted by atomic mass is 10.1. The van der Waals surface area contributed by atoms with Gasteiger partial charge in [-0.1, -0.05) is 12.1 Å². The molecule has 15 heavy (non-hydrogen) atoms. The van der Waals surface area contributed by atoms with Crippen LogP contribution in [0, 0.1) is 0 Å². The minimum absolute atomic E-state index is 0.119. The van der Waals surface area contributed by atoms with Crippen LogP contribution >= 0.6 is 0 Å². The van der Waals surface area contributed by atoms with Gasteiger partial charge in [0, 0.05) is 0 Å². The molecule has 0 spiro atoms. The molecular weight excluding hydrogens is 194 g/mol. The molecule has 2 N–H and O–H groups in total. The Bertz CT molecular complexity index is 336. The Hall–Kier alpha value is -1.39. The largest absolute Gasteiger partial charge is 0.459 e. The number of nitrogens with two attached hydrogens (primary N) is 1. The van der Waals surface area contributed by atoms with E-state index in [0.29, 0.717) is 5.56 Å². The summed E-state index contributed by atoms with van der Waals surface area (Å²) in [6, 6.07) is 7.01. The molecule has 0 amide bonds. The molecule has 0 atom stereocenters. The number of esters is 1. The van der Waals surface area contributed by atoms with Crippen molar-refractivity contribution in [1.29, 1.82) is 0 Å². The predicted molar refractivity (Wildman–Crippen MR) is 56.0 cm³/mol. The highest BCUT2D eigenvalue weighted by molar-refractivity contribution is 5.89. The van der Waals surface area contributed by atoms with Gasteiger partial charge in [-0.25, -0.2) is 10.7 Å². The molecule has 0 heterocycles. The van der Waals surface area contributed by atoms with Crippen molar-refractivity contribution in [2.75, 3.05) is 0 Å². The lowest BCUT2D eigenvalue weighted by Crippen LogP contribution is -2.12. The lowest BCUT2D eigenvalue weighted by Gasteiger charge is -2.08. The van der Waals surface area contributed by atoms with Gasteiger partial charge in [-0.05, 0) is 31.5 Å². The van der Waals surface area contributed by atoms with E-state index in [-0.39, 0.29) is 18.7 Å². The van der Waals surface area contributed by atoms with Crippen molar-refractivity contribution in [3.63, 3.8) is 0 Å². The van der Waals surface area contributed by atoms with E-state index in [2.05, 4.69) is 4.84 Å². The fourth-order valence-electron chi connectivity index (χ4n) is 1.17. The van der Waals surface area contributed by atoms with E-state index in [9.17, 15) is 4.79 Å². The third-order valence-electron chi connectivity index (χ3n) is 1.76. The minimum Gasteiger partial charge on any atom is -0.459 e. The molecule has 4 nitrogen and oxygen atoms in total. The Morgan fingerprint density at radius 2 is 2.20 bits per heavy atom. The average molecular weight is 209 g/mol. The molecule has 0 saturated carbocycles. The van der Waals surface area contributed by atoms with Gasteiger partial charge < -0.3 is 4.74 Å². The summed E-state index contributed by atoms with van der Waals surface area (Å²) >= 11 is 0. The Kier molecular flexibility index (Phi) is 4.27. The van der Waals surface area contributed by atoms with E-state index in [0.717, 1.165) is 5.56 Å². The number of hydrogen-bond acceptors (Lipinski definition) is 4. The average Bonchev–Trinajstić information content (AvgIpc) is 2.17. The number of rotatable bonds is 4. The summed E-state index contributed by atoms with van der Waals surface area (Å²) in [5, 5.41) is 0. The van der Waals surface area contributed by atoms with Crippen LogP contribution in [0.1, 0.15) is 29.8 Å². The van der Waals surface area contributed by atoms with Crippen LogP contribution in [-0.2, 0) is 16.2 Å². The van der Waals surface area contributed by atoms with E-state index in [4.69, 9.17) is 10.6 Å². The standard InChI is InChI=1S/C11H15NO3/c1-8(2)15-11(13)10-5-3-4-9(6-10)7-14-12/h3-6,8H,7,12H2,1-2H3. The van der Waals surface area contributed by atoms with Gasteiger partial charge in [-0.15, -0.1) is 0 Å². The van der Waals surface area contributed by atoms with Crippen molar-refractivity contribution in [3.05, 3.63) is 35.4 Å². The third-order valence-corrected chi connectivity index (χ3v) is 1.76. The zero-order chi connectivity index (χ0) is 11.3. The first kappa shape index (κ1) is 11.7. The summed E-state index contributed by atoms with van der Waals surface area (Å²) in [5.41, 5.74) is 1.36. The molecule has 0 bridgehead atoms. The van der Waals surface area contributed by atoms with Crippen LogP contribution in [-0.4, -0.2) is 12.1 Å². The summed E-state index contributed by atoms with van der Waals surface area (Å²) in [6.07, 6.45) is -0.119. The van der Waals surface area contributed by atoms with Crippen molar-refractivity contribution in [2.45, 2.75) is 26.6 Å². The summed E-state index contributed by atoms with van der Waals surface area (Å²) < 4.78 is 5.06. The van der Waals surface area contributed by atoms with E-state index >= 15 is 0 Å². The van der Waals surface area contributed by atoms with Gasteiger partial charge in [0.15, 0.2) is 0 Å². The minimum atomic E-state index is -0.330. The zero-order valence-electron chi connectivity index (χ0n) is 8.90. The number of hydrogen-bond donors (Lipinski definition) is 1. The highest BCUT2D eigenvalue weighted by Crippen LogP contribution is 2.08. The monoisotopic (exact) mass is 209 g/mol. The van der Waals surface area contributed by atoms with Crippen molar-refractivity contribution < 1.29 is 14.4 Å². The molecular formula is C11H15NO3. The van der Waals surface area contributed by atoms with E-state index in [1.807, 2.05) is 19.9 Å². The van der Waals surface area contributed by atoms with Gasteiger partial charge in [-0.2, -0.15) is 0 Å². The molecule has 0 aliphatic heterocycles. The van der Waals surface area contributed by atoms with Crippen molar-refractivity contribution in [1.82, 2.24) is 0 Å². The first-order valence-corrected chi connectivity index (χ1v) is 4.75. The smallest absolute Gasteiger partial charge is 0.338 e. The predicted octanol–water partition coefficient (Wildman–Crippen LogP) is 1.64. The number of benzene rings is 1. The molecule has 1 aromatic carbocycles. The quantitative estimate of drug-likeness (QED) is 0.605. The van der Waals surface area contributed by atoms with Crippen molar-refractivity contribution >= 4 is 5.97 Å². The zero-order valence-corrected chi connectivity index (χ0v) is 8.90. The fourth-order valence-corrected chi connectivity index (χ4v) is 1.17. The fraction of sp³-hybridized carbons (Fsp3) is 0.364. The Morgan fingerprint density at radius 3 is 2.80 bits per heavy atom. The van der Waals surface area contributed by atoms with Crippen molar-refractivity contribution in [3.8, 4) is 0 Å². The molecule has 1 aromatic rings. The summed E-state index contributed by atoms with van der Waals surface area (Å²) in [5.74, 6) is 4.62. The normalized spacial score (nSPS) is 10.4. The second kappa shape index (κ2) is 5.48. The maximum Gasteiger partial charge on any atom is 0.338 e. The maximum atomic E-state index is 11.5. The van der Waals surface area contributed by atoms with Crippen LogP contribution in [0.4, 0.5) is 0 Å². The molecule has 0 radical (unpaired) electrons. The van der Waals surface area contributed by atoms with Crippen LogP contribution < -0.4 is 5.90 Å². The van der Waals surface area contributed by atoms with Crippen LogP contribution in [0.3, 0.4) is 0 Å². The van der Waals surface area contributed by atoms with Crippen LogP contribution in [0.5, 0.6) is 0 Å². The van der Waals surface area contributed by atoms with Gasteiger partial charge in [0.2, 0.25) is 0 Å². The molecule has 0 aliphatic rings. The first-order chi connectivity index (χ1) is 7.13. The molecule has 0 aliphatic carbocycles. The van der Waals surface area contributed by atoms with Crippen molar-refractivity contribution in [2.24, 2.45) is 5.90 Å². The highest BCUT2D eigenvalue weighted by Gasteiger charge is 2.09. The van der Waals surface area contributed by atoms with Crippen LogP contribution in [0.25, 0.3) is 0 Å². The Morgan fingerprint density at radius 1 is 1.47 bits per heavy atom. The molecule has 4 heteroatoms. The first-order valence-electron chi connectivity index (χ1n) is 4.75. The molecule has 0 saturated heterocycles. The molecule has 0 fully saturated rings. The maximum absolute atomic E-state index is 11.5. The molecule has 1 rings (SSSR count). The van der Waals surface area contributed by atoms with E-state index in [1.54, 1.807) is 18.2 Å². The topological polar surface area (TPSA) is 61.5 Å². The Labute approximate surface area is 88.9 Å². The lowest BCUT2D eigenvalue weighted by molar-refractivity contribution is 0.0377. The van der Waals surface area contributed by atoms with Gasteiger partial charge in [0.25, 0.3) is 0 Å². The van der Waals surface area contributed by atoms with Gasteiger partial charge in [0.05, 0.1) is 18.3 Å². The number of ether oxygens (including phenoxy) is 1. The third kappa shape index (κ3) is 3.69. The molecule has 0 unspecified atom stereocenters. The number of carbonyl (C=O) groups excluding carboxylic acids is 1. The van der Waals surface area contributed by atoms with Gasteiger partial charge in [-0.3, -0.25) is 4.84 Å². The van der Waals surface area contributed by atoms with Gasteiger partial charge in [0.1, 0.15) is 0 Å². The summed E-state index contributed by atoms with van der Waals surface area (Å²) in [7, 11) is 0. The van der Waals surface area contributed by atoms with Crippen LogP contribution in [0.15, 0.2) is 24.3 Å². The Balaban J connectivity index is 2.76. The second-order valence-electron chi connectivity index (χ2n) is 3.47. The molecule has 0 aromatic heterocycles. The van der Waals surface area contributed by atoms with Crippen LogP contribution in [0.2, 0.25) is 0 Å². The second-order valence-corrected chi connectivity index (χ2v) is 3.47. The number of carbonyl (C=O) groups is 1. The summed E-state index contributed by atoms with van der Waals surface area (Å²) in [6.45, 7) is 3.90. The highest BCUT2D eigenvalue weighted by atomic mass is 16.6. The van der Waals surface area contributed by atoms with E-state index < -0.39 is 0 Å². The van der Waals surface area contributed by atoms with Gasteiger partial charge >= 0.3 is 5.97 Å². The molecule has 82 valence electrons. The summed E-state index contributed by atoms with van der Waals surface area (Å²) in [4.78, 5) is 16.0.